The monoisotopic (exact) mass is 280 g/mol. The van der Waals surface area contributed by atoms with Crippen LogP contribution in [0.3, 0.4) is 0 Å². The van der Waals surface area contributed by atoms with Gasteiger partial charge in [-0.25, -0.2) is 4.79 Å². The molecule has 1 aliphatic carbocycles. The maximum atomic E-state index is 12.0. The second-order valence-electron chi connectivity index (χ2n) is 4.63. The third-order valence-corrected chi connectivity index (χ3v) is 3.67. The number of carbonyl (C=O) groups is 1. The molecule has 0 atom stereocenters. The number of carboxylic acids is 1. The third-order valence-electron chi connectivity index (χ3n) is 3.33. The summed E-state index contributed by atoms with van der Waals surface area (Å²) in [5.41, 5.74) is 0.521. The normalized spacial score (nSPS) is 15.1. The summed E-state index contributed by atoms with van der Waals surface area (Å²) in [6.07, 6.45) is 8.67. The van der Waals surface area contributed by atoms with E-state index in [1.54, 1.807) is 0 Å². The topological polar surface area (TPSA) is 75.1 Å². The van der Waals surface area contributed by atoms with Crippen LogP contribution >= 0.6 is 12.2 Å². The number of nitrogens with one attached hydrogen (secondary N) is 1. The van der Waals surface area contributed by atoms with Crippen molar-refractivity contribution >= 4 is 18.2 Å². The van der Waals surface area contributed by atoms with E-state index in [2.05, 4.69) is 11.1 Å². The van der Waals surface area contributed by atoms with E-state index in [1.165, 1.54) is 23.0 Å². The van der Waals surface area contributed by atoms with Gasteiger partial charge >= 0.3 is 5.97 Å². The molecular formula is C13H16N2O3S. The lowest BCUT2D eigenvalue weighted by molar-refractivity contribution is 0.0693. The number of H-pyrrole nitrogens is 1. The van der Waals surface area contributed by atoms with Crippen LogP contribution in [0, 0.1) is 4.77 Å². The van der Waals surface area contributed by atoms with Crippen LogP contribution in [-0.2, 0) is 6.54 Å². The van der Waals surface area contributed by atoms with Gasteiger partial charge in [-0.05, 0) is 44.3 Å². The zero-order chi connectivity index (χ0) is 13.8. The van der Waals surface area contributed by atoms with Crippen molar-refractivity contribution in [3.05, 3.63) is 38.5 Å². The molecule has 0 aliphatic heterocycles. The summed E-state index contributed by atoms with van der Waals surface area (Å²) in [5, 5.41) is 8.92. The molecule has 0 amide bonds. The molecule has 2 rings (SSSR count). The lowest BCUT2D eigenvalue weighted by Crippen LogP contribution is -2.28. The van der Waals surface area contributed by atoms with Crippen LogP contribution in [-0.4, -0.2) is 20.6 Å². The lowest BCUT2D eigenvalue weighted by atomic mass is 9.97. The van der Waals surface area contributed by atoms with Gasteiger partial charge in [-0.2, -0.15) is 0 Å². The highest BCUT2D eigenvalue weighted by atomic mass is 32.1. The molecule has 0 saturated heterocycles. The van der Waals surface area contributed by atoms with Crippen LogP contribution in [0.4, 0.5) is 0 Å². The van der Waals surface area contributed by atoms with Gasteiger partial charge in [-0.15, -0.1) is 0 Å². The number of hydrogen-bond donors (Lipinski definition) is 2. The molecule has 1 aromatic rings. The highest BCUT2D eigenvalue weighted by Crippen LogP contribution is 2.20. The first-order valence-electron chi connectivity index (χ1n) is 6.33. The molecule has 0 radical (unpaired) electrons. The van der Waals surface area contributed by atoms with Crippen LogP contribution in [0.5, 0.6) is 0 Å². The average Bonchev–Trinajstić information content (AvgIpc) is 2.39. The highest BCUT2D eigenvalue weighted by molar-refractivity contribution is 7.71. The lowest BCUT2D eigenvalue weighted by Gasteiger charge is -2.13. The van der Waals surface area contributed by atoms with Gasteiger partial charge in [0.25, 0.3) is 5.56 Å². The van der Waals surface area contributed by atoms with E-state index in [4.69, 9.17) is 17.3 Å². The van der Waals surface area contributed by atoms with Crippen molar-refractivity contribution in [1.29, 1.82) is 0 Å². The predicted molar refractivity (Wildman–Crippen MR) is 74.0 cm³/mol. The minimum absolute atomic E-state index is 0.270. The number of allylic oxidation sites excluding steroid dienone is 2. The Morgan fingerprint density at radius 2 is 2.26 bits per heavy atom. The zero-order valence-electron chi connectivity index (χ0n) is 10.5. The van der Waals surface area contributed by atoms with Gasteiger partial charge in [0.1, 0.15) is 5.56 Å². The summed E-state index contributed by atoms with van der Waals surface area (Å²) in [4.78, 5) is 25.5. The van der Waals surface area contributed by atoms with Crippen LogP contribution < -0.4 is 5.56 Å². The summed E-state index contributed by atoms with van der Waals surface area (Å²) < 4.78 is 1.60. The molecule has 1 aromatic heterocycles. The van der Waals surface area contributed by atoms with Gasteiger partial charge in [0.15, 0.2) is 4.77 Å². The van der Waals surface area contributed by atoms with Gasteiger partial charge in [0.2, 0.25) is 0 Å². The first-order chi connectivity index (χ1) is 9.09. The van der Waals surface area contributed by atoms with Crippen molar-refractivity contribution in [3.63, 3.8) is 0 Å². The first-order valence-corrected chi connectivity index (χ1v) is 6.74. The van der Waals surface area contributed by atoms with E-state index < -0.39 is 11.5 Å². The SMILES string of the molecule is O=C(O)c1c[nH]c(=S)n(CCC2=CCCCC2)c1=O. The second-order valence-corrected chi connectivity index (χ2v) is 5.01. The van der Waals surface area contributed by atoms with E-state index in [-0.39, 0.29) is 10.3 Å². The molecule has 0 aromatic carbocycles. The number of nitrogens with zero attached hydrogens (tertiary/aromatic N) is 1. The van der Waals surface area contributed by atoms with Gasteiger partial charge < -0.3 is 10.1 Å². The Hall–Kier alpha value is -1.69. The molecule has 2 N–H and O–H groups in total. The van der Waals surface area contributed by atoms with E-state index in [0.29, 0.717) is 6.54 Å². The molecule has 0 fully saturated rings. The fraction of sp³-hybridized carbons (Fsp3) is 0.462. The third kappa shape index (κ3) is 3.20. The first kappa shape index (κ1) is 13.7. The Morgan fingerprint density at radius 3 is 2.89 bits per heavy atom. The van der Waals surface area contributed by atoms with Crippen molar-refractivity contribution < 1.29 is 9.90 Å². The fourth-order valence-corrected chi connectivity index (χ4v) is 2.49. The number of aromatic nitrogens is 2. The molecule has 102 valence electrons. The van der Waals surface area contributed by atoms with E-state index in [0.717, 1.165) is 25.5 Å². The quantitative estimate of drug-likeness (QED) is 0.656. The molecule has 1 aliphatic rings. The average molecular weight is 280 g/mol. The molecule has 5 nitrogen and oxygen atoms in total. The van der Waals surface area contributed by atoms with Gasteiger partial charge in [0.05, 0.1) is 0 Å². The van der Waals surface area contributed by atoms with E-state index in [1.807, 2.05) is 0 Å². The summed E-state index contributed by atoms with van der Waals surface area (Å²) >= 11 is 5.05. The molecule has 0 saturated carbocycles. The Labute approximate surface area is 115 Å². The highest BCUT2D eigenvalue weighted by Gasteiger charge is 2.12. The molecule has 0 unspecified atom stereocenters. The van der Waals surface area contributed by atoms with Crippen LogP contribution in [0.2, 0.25) is 0 Å². The van der Waals surface area contributed by atoms with Crippen molar-refractivity contribution in [1.82, 2.24) is 9.55 Å². The number of carboxylic acid groups (broad SMARTS) is 1. The van der Waals surface area contributed by atoms with Gasteiger partial charge in [0, 0.05) is 12.7 Å². The summed E-state index contributed by atoms with van der Waals surface area (Å²) in [6.45, 7) is 0.432. The molecule has 6 heteroatoms. The van der Waals surface area contributed by atoms with E-state index >= 15 is 0 Å². The summed E-state index contributed by atoms with van der Waals surface area (Å²) in [5.74, 6) is -1.23. The molecule has 19 heavy (non-hydrogen) atoms. The Morgan fingerprint density at radius 1 is 1.47 bits per heavy atom. The van der Waals surface area contributed by atoms with Crippen LogP contribution in [0.25, 0.3) is 0 Å². The number of hydrogen-bond acceptors (Lipinski definition) is 3. The van der Waals surface area contributed by atoms with Crippen LogP contribution in [0.1, 0.15) is 42.5 Å². The Bertz CT molecular complexity index is 628. The molecular weight excluding hydrogens is 264 g/mol. The minimum Gasteiger partial charge on any atom is -0.477 e. The standard InChI is InChI=1S/C13H16N2O3S/c16-11-10(12(17)18)8-14-13(19)15(11)7-6-9-4-2-1-3-5-9/h4,8H,1-3,5-7H2,(H,14,19)(H,17,18). The smallest absolute Gasteiger partial charge is 0.342 e. The number of aromatic carboxylic acids is 1. The van der Waals surface area contributed by atoms with Crippen molar-refractivity contribution in [2.75, 3.05) is 0 Å². The molecule has 1 heterocycles. The van der Waals surface area contributed by atoms with Gasteiger partial charge in [-0.3, -0.25) is 9.36 Å². The Balaban J connectivity index is 2.22. The predicted octanol–water partition coefficient (Wildman–Crippen LogP) is 2.49. The summed E-state index contributed by atoms with van der Waals surface area (Å²) in [7, 11) is 0. The van der Waals surface area contributed by atoms with Crippen LogP contribution in [0.15, 0.2) is 22.6 Å². The maximum Gasteiger partial charge on any atom is 0.342 e. The fourth-order valence-electron chi connectivity index (χ4n) is 2.25. The molecule has 0 bridgehead atoms. The van der Waals surface area contributed by atoms with Crippen molar-refractivity contribution in [2.45, 2.75) is 38.6 Å². The van der Waals surface area contributed by atoms with Crippen molar-refractivity contribution in [2.24, 2.45) is 0 Å². The number of rotatable bonds is 4. The second kappa shape index (κ2) is 5.97. The zero-order valence-corrected chi connectivity index (χ0v) is 11.3. The maximum absolute atomic E-state index is 12.0. The summed E-state index contributed by atoms with van der Waals surface area (Å²) in [6, 6.07) is 0. The minimum atomic E-state index is -1.23. The Kier molecular flexibility index (Phi) is 4.31. The largest absolute Gasteiger partial charge is 0.477 e. The van der Waals surface area contributed by atoms with Gasteiger partial charge in [-0.1, -0.05) is 11.6 Å². The van der Waals surface area contributed by atoms with E-state index in [9.17, 15) is 9.59 Å². The molecule has 0 spiro atoms. The van der Waals surface area contributed by atoms with Crippen molar-refractivity contribution in [3.8, 4) is 0 Å². The number of aromatic amines is 1.